The second kappa shape index (κ2) is 9.11. The van der Waals surface area contributed by atoms with Crippen LogP contribution in [0.1, 0.15) is 11.1 Å². The van der Waals surface area contributed by atoms with Crippen LogP contribution in [-0.4, -0.2) is 40.6 Å². The molecule has 0 saturated carbocycles. The van der Waals surface area contributed by atoms with Gasteiger partial charge < -0.3 is 4.90 Å². The van der Waals surface area contributed by atoms with E-state index in [9.17, 15) is 14.9 Å². The van der Waals surface area contributed by atoms with Crippen molar-refractivity contribution in [3.8, 4) is 5.69 Å². The van der Waals surface area contributed by atoms with Crippen LogP contribution in [-0.2, 0) is 6.54 Å². The summed E-state index contributed by atoms with van der Waals surface area (Å²) in [5.41, 5.74) is 3.28. The number of hydrogen-bond acceptors (Lipinski definition) is 5. The Morgan fingerprint density at radius 1 is 0.853 bits per heavy atom. The lowest BCUT2D eigenvalue weighted by atomic mass is 10.1. The molecule has 4 aromatic rings. The van der Waals surface area contributed by atoms with Crippen molar-refractivity contribution in [2.24, 2.45) is 0 Å². The third kappa shape index (κ3) is 3.95. The summed E-state index contributed by atoms with van der Waals surface area (Å²) >= 11 is 0. The van der Waals surface area contributed by atoms with Gasteiger partial charge in [0.15, 0.2) is 0 Å². The molecule has 5 rings (SSSR count). The summed E-state index contributed by atoms with van der Waals surface area (Å²) in [6.07, 6.45) is 0. The number of rotatable bonds is 5. The summed E-state index contributed by atoms with van der Waals surface area (Å²) in [5, 5.41) is 12.9. The fraction of sp³-hybridized carbons (Fsp3) is 0.222. The maximum atomic E-state index is 13.5. The minimum atomic E-state index is -0.604. The summed E-state index contributed by atoms with van der Waals surface area (Å²) in [6, 6.07) is 24.9. The number of nitrogens with zero attached hydrogens (tertiary/aromatic N) is 4. The monoisotopic (exact) mass is 454 g/mol. The predicted octanol–water partition coefficient (Wildman–Crippen LogP) is 4.53. The molecule has 34 heavy (non-hydrogen) atoms. The molecule has 1 aliphatic heterocycles. The molecule has 0 bridgehead atoms. The molecule has 1 saturated heterocycles. The van der Waals surface area contributed by atoms with Gasteiger partial charge in [-0.1, -0.05) is 60.7 Å². The number of pyridine rings is 1. The average molecular weight is 455 g/mol. The Kier molecular flexibility index (Phi) is 5.86. The first-order chi connectivity index (χ1) is 16.5. The van der Waals surface area contributed by atoms with Gasteiger partial charge in [0.25, 0.3) is 0 Å². The van der Waals surface area contributed by atoms with Gasteiger partial charge in [-0.15, -0.1) is 0 Å². The number of para-hydroxylation sites is 2. The summed E-state index contributed by atoms with van der Waals surface area (Å²) in [5.74, 6) is 0. The van der Waals surface area contributed by atoms with Gasteiger partial charge in [-0.05, 0) is 36.2 Å². The topological polar surface area (TPSA) is 71.6 Å². The number of piperazine rings is 1. The number of fused-ring (bicyclic) bond motifs is 1. The zero-order chi connectivity index (χ0) is 23.7. The lowest BCUT2D eigenvalue weighted by Gasteiger charge is -2.36. The molecule has 172 valence electrons. The van der Waals surface area contributed by atoms with Crippen molar-refractivity contribution in [1.82, 2.24) is 9.47 Å². The summed E-state index contributed by atoms with van der Waals surface area (Å²) < 4.78 is 1.45. The molecule has 0 radical (unpaired) electrons. The Hall–Kier alpha value is -3.97. The first-order valence-corrected chi connectivity index (χ1v) is 11.4. The quantitative estimate of drug-likeness (QED) is 0.327. The highest BCUT2D eigenvalue weighted by atomic mass is 16.6. The van der Waals surface area contributed by atoms with E-state index in [1.54, 1.807) is 12.1 Å². The molecule has 1 aromatic heterocycles. The van der Waals surface area contributed by atoms with E-state index in [4.69, 9.17) is 0 Å². The van der Waals surface area contributed by atoms with Crippen molar-refractivity contribution in [3.05, 3.63) is 110 Å². The van der Waals surface area contributed by atoms with Crippen molar-refractivity contribution in [1.29, 1.82) is 0 Å². The third-order valence-electron chi connectivity index (χ3n) is 6.57. The summed E-state index contributed by atoms with van der Waals surface area (Å²) in [6.45, 7) is 5.72. The van der Waals surface area contributed by atoms with Crippen molar-refractivity contribution < 1.29 is 4.92 Å². The van der Waals surface area contributed by atoms with Crippen LogP contribution in [0.4, 0.5) is 11.4 Å². The number of nitro groups is 1. The second-order valence-electron chi connectivity index (χ2n) is 8.64. The first kappa shape index (κ1) is 21.9. The molecule has 1 fully saturated rings. The van der Waals surface area contributed by atoms with Gasteiger partial charge in [0.05, 0.1) is 10.4 Å². The number of benzene rings is 3. The van der Waals surface area contributed by atoms with Gasteiger partial charge in [0, 0.05) is 43.8 Å². The minimum absolute atomic E-state index is 0.366. The normalized spacial score (nSPS) is 14.4. The Bertz CT molecular complexity index is 1410. The molecule has 3 aromatic carbocycles. The average Bonchev–Trinajstić information content (AvgIpc) is 2.85. The second-order valence-corrected chi connectivity index (χ2v) is 8.64. The van der Waals surface area contributed by atoms with E-state index in [-0.39, 0.29) is 5.69 Å². The summed E-state index contributed by atoms with van der Waals surface area (Å²) in [4.78, 5) is 29.6. The van der Waals surface area contributed by atoms with Gasteiger partial charge >= 0.3 is 11.2 Å². The first-order valence-electron chi connectivity index (χ1n) is 11.4. The smallest absolute Gasteiger partial charge is 0.358 e. The number of aromatic nitrogens is 1. The van der Waals surface area contributed by atoms with E-state index in [1.807, 2.05) is 53.4 Å². The van der Waals surface area contributed by atoms with E-state index in [0.29, 0.717) is 35.4 Å². The molecule has 0 atom stereocenters. The maximum absolute atomic E-state index is 13.5. The third-order valence-corrected chi connectivity index (χ3v) is 6.57. The zero-order valence-corrected chi connectivity index (χ0v) is 19.1. The van der Waals surface area contributed by atoms with E-state index >= 15 is 0 Å². The highest BCUT2D eigenvalue weighted by Crippen LogP contribution is 2.35. The van der Waals surface area contributed by atoms with Crippen LogP contribution >= 0.6 is 0 Å². The Morgan fingerprint density at radius 2 is 1.50 bits per heavy atom. The standard InChI is InChI=1S/C27H26N4O3/c1-20-9-5-6-10-21(20)19-28-15-17-29(18-16-28)25-23-13-7-8-14-24(23)30(22-11-3-2-4-12-22)27(32)26(25)31(33)34/h2-14H,15-19H2,1H3. The van der Waals surface area contributed by atoms with Crippen LogP contribution in [0, 0.1) is 17.0 Å². The molecule has 7 heteroatoms. The van der Waals surface area contributed by atoms with E-state index in [2.05, 4.69) is 30.0 Å². The van der Waals surface area contributed by atoms with Crippen LogP contribution < -0.4 is 10.5 Å². The maximum Gasteiger partial charge on any atom is 0.358 e. The van der Waals surface area contributed by atoms with E-state index in [0.717, 1.165) is 19.6 Å². The highest BCUT2D eigenvalue weighted by molar-refractivity contribution is 5.97. The molecule has 0 amide bonds. The van der Waals surface area contributed by atoms with Gasteiger partial charge in [-0.3, -0.25) is 24.4 Å². The van der Waals surface area contributed by atoms with Crippen molar-refractivity contribution >= 4 is 22.3 Å². The number of aryl methyl sites for hydroxylation is 1. The minimum Gasteiger partial charge on any atom is -0.363 e. The molecule has 0 unspecified atom stereocenters. The largest absolute Gasteiger partial charge is 0.363 e. The van der Waals surface area contributed by atoms with Crippen LogP contribution in [0.3, 0.4) is 0 Å². The fourth-order valence-electron chi connectivity index (χ4n) is 4.79. The number of hydrogen-bond donors (Lipinski definition) is 0. The van der Waals surface area contributed by atoms with Crippen LogP contribution in [0.15, 0.2) is 83.7 Å². The van der Waals surface area contributed by atoms with Crippen molar-refractivity contribution in [2.45, 2.75) is 13.5 Å². The molecule has 0 N–H and O–H groups in total. The fourth-order valence-corrected chi connectivity index (χ4v) is 4.79. The molecular formula is C27H26N4O3. The Labute approximate surface area is 197 Å². The van der Waals surface area contributed by atoms with E-state index in [1.165, 1.54) is 15.7 Å². The Balaban J connectivity index is 1.55. The zero-order valence-electron chi connectivity index (χ0n) is 19.1. The SMILES string of the molecule is Cc1ccccc1CN1CCN(c2c([N+](=O)[O-])c(=O)n(-c3ccccc3)c3ccccc23)CC1. The van der Waals surface area contributed by atoms with Crippen molar-refractivity contribution in [2.75, 3.05) is 31.1 Å². The molecule has 0 aliphatic carbocycles. The van der Waals surface area contributed by atoms with Crippen LogP contribution in [0.2, 0.25) is 0 Å². The van der Waals surface area contributed by atoms with Crippen LogP contribution in [0.25, 0.3) is 16.6 Å². The summed E-state index contributed by atoms with van der Waals surface area (Å²) in [7, 11) is 0. The number of anilines is 1. The van der Waals surface area contributed by atoms with Crippen molar-refractivity contribution in [3.63, 3.8) is 0 Å². The molecule has 2 heterocycles. The van der Waals surface area contributed by atoms with Crippen LogP contribution in [0.5, 0.6) is 0 Å². The van der Waals surface area contributed by atoms with Gasteiger partial charge in [0.1, 0.15) is 5.69 Å². The Morgan fingerprint density at radius 3 is 2.21 bits per heavy atom. The molecule has 7 nitrogen and oxygen atoms in total. The van der Waals surface area contributed by atoms with E-state index < -0.39 is 10.5 Å². The highest BCUT2D eigenvalue weighted by Gasteiger charge is 2.31. The lowest BCUT2D eigenvalue weighted by molar-refractivity contribution is -0.385. The molecule has 1 aliphatic rings. The molecular weight excluding hydrogens is 428 g/mol. The van der Waals surface area contributed by atoms with Gasteiger partial charge in [-0.2, -0.15) is 0 Å². The van der Waals surface area contributed by atoms with Gasteiger partial charge in [-0.25, -0.2) is 0 Å². The lowest BCUT2D eigenvalue weighted by Crippen LogP contribution is -2.46. The van der Waals surface area contributed by atoms with Gasteiger partial charge in [0.2, 0.25) is 0 Å². The predicted molar refractivity (Wildman–Crippen MR) is 135 cm³/mol. The molecule has 0 spiro atoms.